The molecule has 0 atom stereocenters. The molecule has 1 heterocycles. The standard InChI is InChI=1S/C21H23FN4O/c1-15-20(18-6-4-3-5-7-18)16(2)26(25-15)13-12-23-21(27)24-14-17-8-10-19(22)11-9-17/h3-11H,12-14H2,1-2H3,(H2,23,24,27). The van der Waals surface area contributed by atoms with E-state index >= 15 is 0 Å². The minimum absolute atomic E-state index is 0.260. The summed E-state index contributed by atoms with van der Waals surface area (Å²) in [6.07, 6.45) is 0. The van der Waals surface area contributed by atoms with Crippen molar-refractivity contribution < 1.29 is 9.18 Å². The zero-order chi connectivity index (χ0) is 19.2. The summed E-state index contributed by atoms with van der Waals surface area (Å²) in [5.41, 5.74) is 5.17. The molecule has 0 aliphatic rings. The lowest BCUT2D eigenvalue weighted by molar-refractivity contribution is 0.240. The quantitative estimate of drug-likeness (QED) is 0.697. The number of nitrogens with one attached hydrogen (secondary N) is 2. The Morgan fingerprint density at radius 3 is 2.44 bits per heavy atom. The first-order valence-corrected chi connectivity index (χ1v) is 8.90. The number of amides is 2. The number of rotatable bonds is 6. The first-order valence-electron chi connectivity index (χ1n) is 8.90. The number of carbonyl (C=O) groups is 1. The molecule has 1 aromatic heterocycles. The number of aryl methyl sites for hydroxylation is 1. The number of nitrogens with zero attached hydrogens (tertiary/aromatic N) is 2. The molecule has 6 heteroatoms. The molecule has 140 valence electrons. The van der Waals surface area contributed by atoms with Crippen LogP contribution in [0.1, 0.15) is 17.0 Å². The summed E-state index contributed by atoms with van der Waals surface area (Å²) in [6.45, 7) is 5.44. The van der Waals surface area contributed by atoms with Gasteiger partial charge in [0.2, 0.25) is 0 Å². The van der Waals surface area contributed by atoms with Crippen LogP contribution in [-0.4, -0.2) is 22.4 Å². The van der Waals surface area contributed by atoms with Crippen molar-refractivity contribution in [3.63, 3.8) is 0 Å². The number of benzene rings is 2. The van der Waals surface area contributed by atoms with Crippen molar-refractivity contribution in [1.82, 2.24) is 20.4 Å². The molecule has 0 aliphatic carbocycles. The van der Waals surface area contributed by atoms with E-state index in [2.05, 4.69) is 27.9 Å². The van der Waals surface area contributed by atoms with Crippen LogP contribution < -0.4 is 10.6 Å². The van der Waals surface area contributed by atoms with Gasteiger partial charge in [-0.3, -0.25) is 4.68 Å². The number of urea groups is 1. The van der Waals surface area contributed by atoms with Crippen LogP contribution in [0.3, 0.4) is 0 Å². The van der Waals surface area contributed by atoms with Crippen LogP contribution in [0.15, 0.2) is 54.6 Å². The molecule has 0 saturated heterocycles. The lowest BCUT2D eigenvalue weighted by atomic mass is 10.0. The van der Waals surface area contributed by atoms with E-state index in [1.807, 2.05) is 36.7 Å². The fraction of sp³-hybridized carbons (Fsp3) is 0.238. The molecule has 27 heavy (non-hydrogen) atoms. The summed E-state index contributed by atoms with van der Waals surface area (Å²) in [4.78, 5) is 11.9. The minimum atomic E-state index is -0.289. The fourth-order valence-corrected chi connectivity index (χ4v) is 3.06. The van der Waals surface area contributed by atoms with E-state index in [0.29, 0.717) is 19.6 Å². The molecule has 0 fully saturated rings. The first-order chi connectivity index (χ1) is 13.0. The van der Waals surface area contributed by atoms with Gasteiger partial charge in [-0.1, -0.05) is 42.5 Å². The molecule has 3 aromatic rings. The first kappa shape index (κ1) is 18.6. The van der Waals surface area contributed by atoms with Gasteiger partial charge in [-0.2, -0.15) is 5.10 Å². The van der Waals surface area contributed by atoms with Gasteiger partial charge in [0.25, 0.3) is 0 Å². The second kappa shape index (κ2) is 8.49. The van der Waals surface area contributed by atoms with Crippen molar-refractivity contribution in [2.45, 2.75) is 26.9 Å². The predicted octanol–water partition coefficient (Wildman–Crippen LogP) is 3.81. The zero-order valence-electron chi connectivity index (χ0n) is 15.5. The minimum Gasteiger partial charge on any atom is -0.336 e. The third kappa shape index (κ3) is 4.73. The van der Waals surface area contributed by atoms with E-state index in [0.717, 1.165) is 28.1 Å². The molecule has 0 saturated carbocycles. The van der Waals surface area contributed by atoms with Crippen LogP contribution in [0.4, 0.5) is 9.18 Å². The van der Waals surface area contributed by atoms with Gasteiger partial charge in [-0.25, -0.2) is 9.18 Å². The maximum atomic E-state index is 12.9. The average Bonchev–Trinajstić information content (AvgIpc) is 2.95. The number of hydrogen-bond donors (Lipinski definition) is 2. The van der Waals surface area contributed by atoms with Crippen LogP contribution in [-0.2, 0) is 13.1 Å². The maximum Gasteiger partial charge on any atom is 0.315 e. The van der Waals surface area contributed by atoms with Gasteiger partial charge < -0.3 is 10.6 Å². The van der Waals surface area contributed by atoms with Crippen LogP contribution in [0.2, 0.25) is 0 Å². The number of halogens is 1. The molecule has 5 nitrogen and oxygen atoms in total. The van der Waals surface area contributed by atoms with E-state index in [1.165, 1.54) is 12.1 Å². The van der Waals surface area contributed by atoms with Gasteiger partial charge in [0.05, 0.1) is 12.2 Å². The van der Waals surface area contributed by atoms with E-state index < -0.39 is 0 Å². The van der Waals surface area contributed by atoms with E-state index in [9.17, 15) is 9.18 Å². The molecular weight excluding hydrogens is 343 g/mol. The van der Waals surface area contributed by atoms with Crippen molar-refractivity contribution in [3.8, 4) is 11.1 Å². The van der Waals surface area contributed by atoms with Gasteiger partial charge in [0.15, 0.2) is 0 Å². The largest absolute Gasteiger partial charge is 0.336 e. The molecule has 0 aliphatic heterocycles. The third-order valence-electron chi connectivity index (χ3n) is 4.42. The second-order valence-electron chi connectivity index (χ2n) is 6.37. The molecule has 3 rings (SSSR count). The molecule has 2 amide bonds. The van der Waals surface area contributed by atoms with Crippen molar-refractivity contribution in [2.24, 2.45) is 0 Å². The summed E-state index contributed by atoms with van der Waals surface area (Å²) in [5, 5.41) is 10.2. The average molecular weight is 366 g/mol. The van der Waals surface area contributed by atoms with Crippen molar-refractivity contribution >= 4 is 6.03 Å². The van der Waals surface area contributed by atoms with E-state index in [1.54, 1.807) is 12.1 Å². The molecule has 0 bridgehead atoms. The monoisotopic (exact) mass is 366 g/mol. The predicted molar refractivity (Wildman–Crippen MR) is 104 cm³/mol. The molecule has 0 spiro atoms. The Morgan fingerprint density at radius 1 is 1.04 bits per heavy atom. The van der Waals surface area contributed by atoms with Gasteiger partial charge >= 0.3 is 6.03 Å². The maximum absolute atomic E-state index is 12.9. The lowest BCUT2D eigenvalue weighted by Gasteiger charge is -2.09. The summed E-state index contributed by atoms with van der Waals surface area (Å²) in [5.74, 6) is -0.289. The van der Waals surface area contributed by atoms with Crippen molar-refractivity contribution in [2.75, 3.05) is 6.54 Å². The molecular formula is C21H23FN4O. The summed E-state index contributed by atoms with van der Waals surface area (Å²) in [7, 11) is 0. The van der Waals surface area contributed by atoms with Crippen molar-refractivity contribution in [1.29, 1.82) is 0 Å². The summed E-state index contributed by atoms with van der Waals surface area (Å²) in [6, 6.07) is 16.0. The highest BCUT2D eigenvalue weighted by Gasteiger charge is 2.13. The highest BCUT2D eigenvalue weighted by atomic mass is 19.1. The molecule has 2 aromatic carbocycles. The Labute approximate surface area is 158 Å². The topological polar surface area (TPSA) is 59.0 Å². The van der Waals surface area contributed by atoms with E-state index in [4.69, 9.17) is 0 Å². The van der Waals surface area contributed by atoms with E-state index in [-0.39, 0.29) is 11.8 Å². The Balaban J connectivity index is 1.52. The third-order valence-corrected chi connectivity index (χ3v) is 4.42. The molecule has 0 unspecified atom stereocenters. The number of carbonyl (C=O) groups excluding carboxylic acids is 1. The summed E-state index contributed by atoms with van der Waals surface area (Å²) < 4.78 is 14.8. The Bertz CT molecular complexity index is 904. The molecule has 0 radical (unpaired) electrons. The lowest BCUT2D eigenvalue weighted by Crippen LogP contribution is -2.37. The second-order valence-corrected chi connectivity index (χ2v) is 6.37. The fourth-order valence-electron chi connectivity index (χ4n) is 3.06. The van der Waals surface area contributed by atoms with Crippen LogP contribution in [0.5, 0.6) is 0 Å². The number of hydrogen-bond acceptors (Lipinski definition) is 2. The smallest absolute Gasteiger partial charge is 0.315 e. The number of aromatic nitrogens is 2. The van der Waals surface area contributed by atoms with Crippen LogP contribution in [0.25, 0.3) is 11.1 Å². The van der Waals surface area contributed by atoms with Gasteiger partial charge in [0, 0.05) is 24.3 Å². The van der Waals surface area contributed by atoms with Crippen molar-refractivity contribution in [3.05, 3.63) is 77.4 Å². The Hall–Kier alpha value is -3.15. The van der Waals surface area contributed by atoms with Gasteiger partial charge in [0.1, 0.15) is 5.82 Å². The normalized spacial score (nSPS) is 10.6. The Kier molecular flexibility index (Phi) is 5.86. The highest BCUT2D eigenvalue weighted by Crippen LogP contribution is 2.26. The SMILES string of the molecule is Cc1nn(CCNC(=O)NCc2ccc(F)cc2)c(C)c1-c1ccccc1. The van der Waals surface area contributed by atoms with Crippen LogP contribution >= 0.6 is 0 Å². The Morgan fingerprint density at radius 2 is 1.74 bits per heavy atom. The highest BCUT2D eigenvalue weighted by molar-refractivity contribution is 5.73. The molecule has 2 N–H and O–H groups in total. The zero-order valence-corrected chi connectivity index (χ0v) is 15.5. The van der Waals surface area contributed by atoms with Crippen LogP contribution in [0, 0.1) is 19.7 Å². The van der Waals surface area contributed by atoms with Gasteiger partial charge in [-0.05, 0) is 37.1 Å². The summed E-state index contributed by atoms with van der Waals surface area (Å²) >= 11 is 0. The van der Waals surface area contributed by atoms with Gasteiger partial charge in [-0.15, -0.1) is 0 Å².